The summed E-state index contributed by atoms with van der Waals surface area (Å²) in [7, 11) is 0. The number of nitrogens with zero attached hydrogens (tertiary/aromatic N) is 1. The Balaban J connectivity index is 0.000000371. The van der Waals surface area contributed by atoms with Crippen LogP contribution in [0.5, 0.6) is 0 Å². The summed E-state index contributed by atoms with van der Waals surface area (Å²) in [6.45, 7) is 1.52. The zero-order valence-electron chi connectivity index (χ0n) is 5.32. The Labute approximate surface area is 80.8 Å². The number of ketones is 1. The zero-order valence-corrected chi connectivity index (χ0v) is 10.0. The van der Waals surface area contributed by atoms with Crippen molar-refractivity contribution < 1.29 is 19.8 Å². The first kappa shape index (κ1) is 10.3. The Hall–Kier alpha value is 0.316. The molecule has 1 rings (SSSR count). The van der Waals surface area contributed by atoms with E-state index in [-0.39, 0.29) is 5.78 Å². The summed E-state index contributed by atoms with van der Waals surface area (Å²) in [5, 5.41) is 0. The van der Waals surface area contributed by atoms with Crippen LogP contribution in [0.2, 0.25) is 0 Å². The summed E-state index contributed by atoms with van der Waals surface area (Å²) >= 11 is 4.01. The molecule has 4 heteroatoms. The number of hydrogen-bond acceptors (Lipinski definition) is 1. The minimum atomic E-state index is 0.0718. The van der Waals surface area contributed by atoms with Gasteiger partial charge in [-0.2, -0.15) is 12.4 Å². The third-order valence-electron chi connectivity index (χ3n) is 0.960. The van der Waals surface area contributed by atoms with E-state index in [0.29, 0.717) is 5.56 Å². The molecule has 0 aliphatic carbocycles. The van der Waals surface area contributed by atoms with Gasteiger partial charge in [0.05, 0.1) is 0 Å². The number of halogens is 1. The van der Waals surface area contributed by atoms with Crippen LogP contribution in [-0.2, 0) is 15.1 Å². The second-order valence-corrected chi connectivity index (χ2v) is 1.61. The van der Waals surface area contributed by atoms with Crippen molar-refractivity contribution in [3.8, 4) is 0 Å². The van der Waals surface area contributed by atoms with Gasteiger partial charge in [0.1, 0.15) is 0 Å². The van der Waals surface area contributed by atoms with Gasteiger partial charge in [0.2, 0.25) is 0 Å². The van der Waals surface area contributed by atoms with Gasteiger partial charge in [-0.15, -0.1) is 0 Å². The SMILES string of the molecule is CC(=O)c1cc[n-]c1.[I][Os]. The standard InChI is InChI=1S/C6H7NO.HI.Os/c1-5(8)6-2-3-7-4-6;;/h2-4H,1H3,(H,7,8);1H;/q;;+1/p-2. The molecule has 0 atom stereocenters. The molecule has 0 fully saturated rings. The van der Waals surface area contributed by atoms with Gasteiger partial charge in [0.25, 0.3) is 0 Å². The van der Waals surface area contributed by atoms with Crippen molar-refractivity contribution in [2.24, 2.45) is 0 Å². The van der Waals surface area contributed by atoms with E-state index in [4.69, 9.17) is 0 Å². The zero-order chi connectivity index (χ0) is 7.98. The molecule has 0 aliphatic heterocycles. The molecule has 0 radical (unpaired) electrons. The average Bonchev–Trinajstić information content (AvgIpc) is 2.42. The number of Topliss-reactive ketones (excluding diaryl/α,β-unsaturated/α-hetero) is 1. The van der Waals surface area contributed by atoms with Gasteiger partial charge in [-0.25, -0.2) is 0 Å². The molecule has 0 bridgehead atoms. The molecule has 0 aromatic carbocycles. The van der Waals surface area contributed by atoms with Gasteiger partial charge in [-0.05, 0) is 12.5 Å². The van der Waals surface area contributed by atoms with Crippen molar-refractivity contribution in [2.75, 3.05) is 0 Å². The molecule has 0 unspecified atom stereocenters. The summed E-state index contributed by atoms with van der Waals surface area (Å²) < 4.78 is 0. The second-order valence-electron chi connectivity index (χ2n) is 1.61. The van der Waals surface area contributed by atoms with E-state index in [1.807, 2.05) is 15.1 Å². The monoisotopic (exact) mass is 427 g/mol. The van der Waals surface area contributed by atoms with Crippen LogP contribution in [0.25, 0.3) is 0 Å². The van der Waals surface area contributed by atoms with Crippen LogP contribution >= 0.6 is 19.7 Å². The normalized spacial score (nSPS) is 7.90. The van der Waals surface area contributed by atoms with E-state index in [9.17, 15) is 4.79 Å². The molecule has 0 aliphatic rings. The fourth-order valence-electron chi connectivity index (χ4n) is 0.498. The van der Waals surface area contributed by atoms with Crippen LogP contribution in [0.3, 0.4) is 0 Å². The van der Waals surface area contributed by atoms with E-state index < -0.39 is 0 Å². The second kappa shape index (κ2) is 6.05. The Bertz CT molecular complexity index is 186. The predicted molar refractivity (Wildman–Crippen MR) is 43.8 cm³/mol. The van der Waals surface area contributed by atoms with Gasteiger partial charge in [0, 0.05) is 0 Å². The van der Waals surface area contributed by atoms with E-state index in [2.05, 4.69) is 24.7 Å². The van der Waals surface area contributed by atoms with Crippen molar-refractivity contribution in [1.29, 1.82) is 0 Å². The third kappa shape index (κ3) is 3.48. The average molecular weight is 425 g/mol. The fraction of sp³-hybridized carbons (Fsp3) is 0.167. The summed E-state index contributed by atoms with van der Waals surface area (Å²) in [4.78, 5) is 14.2. The quantitative estimate of drug-likeness (QED) is 0.507. The molecule has 0 spiro atoms. The molecule has 1 aromatic heterocycles. The molecular weight excluding hydrogens is 419 g/mol. The Morgan fingerprint density at radius 2 is 2.30 bits per heavy atom. The maximum atomic E-state index is 10.5. The summed E-state index contributed by atoms with van der Waals surface area (Å²) in [6.07, 6.45) is 3.17. The Kier molecular flexibility index (Phi) is 6.25. The maximum absolute atomic E-state index is 10.5. The van der Waals surface area contributed by atoms with Crippen molar-refractivity contribution >= 4 is 25.5 Å². The van der Waals surface area contributed by atoms with Crippen LogP contribution in [0, 0.1) is 0 Å². The summed E-state index contributed by atoms with van der Waals surface area (Å²) in [6, 6.07) is 1.70. The van der Waals surface area contributed by atoms with Crippen molar-refractivity contribution in [3.05, 3.63) is 24.0 Å². The van der Waals surface area contributed by atoms with Crippen molar-refractivity contribution in [2.45, 2.75) is 6.92 Å². The number of carbonyl (C=O) groups is 1. The van der Waals surface area contributed by atoms with E-state index in [1.54, 1.807) is 18.5 Å². The van der Waals surface area contributed by atoms with Gasteiger partial charge in [0.15, 0.2) is 5.78 Å². The van der Waals surface area contributed by atoms with E-state index >= 15 is 0 Å². The molecule has 57 valence electrons. The Morgan fingerprint density at radius 3 is 2.50 bits per heavy atom. The number of aromatic nitrogens is 1. The van der Waals surface area contributed by atoms with Crippen LogP contribution in [0.4, 0.5) is 0 Å². The number of hydrogen-bond donors (Lipinski definition) is 0. The summed E-state index contributed by atoms with van der Waals surface area (Å²) in [5.74, 6) is 0.0718. The fourth-order valence-corrected chi connectivity index (χ4v) is 0.498. The first-order valence-corrected chi connectivity index (χ1v) is 9.72. The number of rotatable bonds is 1. The molecule has 0 amide bonds. The minimum absolute atomic E-state index is 0.0718. The molecule has 2 nitrogen and oxygen atoms in total. The molecule has 1 aromatic rings. The van der Waals surface area contributed by atoms with Crippen LogP contribution in [-0.4, -0.2) is 5.78 Å². The third-order valence-corrected chi connectivity index (χ3v) is 0.960. The number of carbonyl (C=O) groups excluding carboxylic acids is 1. The van der Waals surface area contributed by atoms with E-state index in [1.165, 1.54) is 6.92 Å². The molecule has 1 heterocycles. The molecule has 0 saturated heterocycles. The van der Waals surface area contributed by atoms with Crippen LogP contribution in [0.1, 0.15) is 17.3 Å². The predicted octanol–water partition coefficient (Wildman–Crippen LogP) is 1.73. The molecular formula is C6H6INOOs-. The van der Waals surface area contributed by atoms with E-state index in [0.717, 1.165) is 0 Å². The van der Waals surface area contributed by atoms with Crippen molar-refractivity contribution in [1.82, 2.24) is 4.98 Å². The topological polar surface area (TPSA) is 31.2 Å². The molecule has 0 N–H and O–H groups in total. The van der Waals surface area contributed by atoms with Gasteiger partial charge < -0.3 is 4.98 Å². The van der Waals surface area contributed by atoms with Crippen LogP contribution in [0.15, 0.2) is 18.5 Å². The van der Waals surface area contributed by atoms with Crippen LogP contribution < -0.4 is 4.98 Å². The van der Waals surface area contributed by atoms with Gasteiger partial charge >= 0.3 is 34.7 Å². The molecule has 10 heavy (non-hydrogen) atoms. The first-order chi connectivity index (χ1) is 4.80. The first-order valence-electron chi connectivity index (χ1n) is 2.51. The van der Waals surface area contributed by atoms with Crippen molar-refractivity contribution in [3.63, 3.8) is 0 Å². The summed E-state index contributed by atoms with van der Waals surface area (Å²) in [5.41, 5.74) is 0.685. The van der Waals surface area contributed by atoms with Gasteiger partial charge in [-0.1, -0.05) is 6.07 Å². The Morgan fingerprint density at radius 1 is 1.70 bits per heavy atom. The van der Waals surface area contributed by atoms with Gasteiger partial charge in [-0.3, -0.25) is 4.79 Å². The molecule has 0 saturated carbocycles.